The van der Waals surface area contributed by atoms with Crippen LogP contribution >= 0.6 is 0 Å². The number of para-hydroxylation sites is 1. The van der Waals surface area contributed by atoms with Gasteiger partial charge in [0, 0.05) is 22.6 Å². The second kappa shape index (κ2) is 5.80. The van der Waals surface area contributed by atoms with Gasteiger partial charge in [0.2, 0.25) is 0 Å². The molecule has 0 saturated heterocycles. The second-order valence-electron chi connectivity index (χ2n) is 4.99. The zero-order chi connectivity index (χ0) is 14.7. The summed E-state index contributed by atoms with van der Waals surface area (Å²) in [6.07, 6.45) is 3.47. The third-order valence-electron chi connectivity index (χ3n) is 3.71. The molecule has 1 aliphatic heterocycles. The van der Waals surface area contributed by atoms with Crippen LogP contribution in [0.4, 0.5) is 0 Å². The highest BCUT2D eigenvalue weighted by Gasteiger charge is 2.29. The molecule has 0 aliphatic carbocycles. The second-order valence-corrected chi connectivity index (χ2v) is 4.99. The van der Waals surface area contributed by atoms with Crippen LogP contribution in [0.1, 0.15) is 23.5 Å². The van der Waals surface area contributed by atoms with Crippen molar-refractivity contribution in [2.24, 2.45) is 0 Å². The van der Waals surface area contributed by atoms with Crippen LogP contribution in [0.15, 0.2) is 72.8 Å². The minimum Gasteiger partial charge on any atom is -0.456 e. The van der Waals surface area contributed by atoms with Crippen molar-refractivity contribution in [3.05, 3.63) is 84.0 Å². The molecule has 1 heterocycles. The van der Waals surface area contributed by atoms with E-state index >= 15 is 0 Å². The van der Waals surface area contributed by atoms with E-state index in [4.69, 9.17) is 4.74 Å². The van der Waals surface area contributed by atoms with E-state index in [0.29, 0.717) is 17.8 Å². The van der Waals surface area contributed by atoms with Gasteiger partial charge < -0.3 is 4.74 Å². The molecule has 3 rings (SSSR count). The Balaban J connectivity index is 2.18. The summed E-state index contributed by atoms with van der Waals surface area (Å²) in [5.74, 6) is 1.46. The van der Waals surface area contributed by atoms with Gasteiger partial charge in [-0.1, -0.05) is 54.6 Å². The van der Waals surface area contributed by atoms with E-state index in [9.17, 15) is 4.79 Å². The Labute approximate surface area is 124 Å². The van der Waals surface area contributed by atoms with E-state index in [1.165, 1.54) is 0 Å². The maximum absolute atomic E-state index is 11.7. The Kier molecular flexibility index (Phi) is 3.69. The molecule has 1 unspecified atom stereocenters. The minimum atomic E-state index is 0.000145. The molecular weight excluding hydrogens is 260 g/mol. The predicted molar refractivity (Wildman–Crippen MR) is 84.1 cm³/mol. The van der Waals surface area contributed by atoms with Gasteiger partial charge in [-0.05, 0) is 12.5 Å². The lowest BCUT2D eigenvalue weighted by Crippen LogP contribution is -2.16. The van der Waals surface area contributed by atoms with Gasteiger partial charge in [0.25, 0.3) is 0 Å². The number of aldehydes is 1. The van der Waals surface area contributed by atoms with Gasteiger partial charge in [-0.2, -0.15) is 0 Å². The van der Waals surface area contributed by atoms with E-state index in [2.05, 4.69) is 6.58 Å². The fraction of sp³-hybridized carbons (Fsp3) is 0.105. The van der Waals surface area contributed by atoms with Crippen LogP contribution in [0.25, 0.3) is 5.76 Å². The highest BCUT2D eigenvalue weighted by molar-refractivity contribution is 5.90. The molecule has 0 aromatic heterocycles. The fourth-order valence-electron chi connectivity index (χ4n) is 2.73. The molecule has 0 spiro atoms. The smallest absolute Gasteiger partial charge is 0.150 e. The number of carbonyl (C=O) groups is 1. The zero-order valence-electron chi connectivity index (χ0n) is 11.7. The first-order valence-electron chi connectivity index (χ1n) is 6.97. The first kappa shape index (κ1) is 13.4. The summed E-state index contributed by atoms with van der Waals surface area (Å²) < 4.78 is 6.01. The third kappa shape index (κ3) is 2.40. The maximum Gasteiger partial charge on any atom is 0.150 e. The van der Waals surface area contributed by atoms with Crippen LogP contribution in [-0.2, 0) is 4.79 Å². The summed E-state index contributed by atoms with van der Waals surface area (Å²) in [6, 6.07) is 17.6. The average molecular weight is 276 g/mol. The molecule has 104 valence electrons. The van der Waals surface area contributed by atoms with Crippen LogP contribution in [0.2, 0.25) is 0 Å². The van der Waals surface area contributed by atoms with Crippen LogP contribution in [-0.4, -0.2) is 6.29 Å². The maximum atomic E-state index is 11.7. The Morgan fingerprint density at radius 3 is 2.48 bits per heavy atom. The molecule has 0 fully saturated rings. The van der Waals surface area contributed by atoms with E-state index < -0.39 is 0 Å². The molecule has 2 aromatic rings. The number of benzene rings is 2. The topological polar surface area (TPSA) is 26.3 Å². The van der Waals surface area contributed by atoms with Crippen molar-refractivity contribution in [1.82, 2.24) is 0 Å². The summed E-state index contributed by atoms with van der Waals surface area (Å²) in [5.41, 5.74) is 2.64. The summed E-state index contributed by atoms with van der Waals surface area (Å²) in [6.45, 7) is 3.81. The molecule has 0 N–H and O–H groups in total. The molecule has 21 heavy (non-hydrogen) atoms. The number of fused-ring (bicyclic) bond motifs is 1. The Hall–Kier alpha value is -2.61. The normalized spacial score (nSPS) is 16.9. The number of ether oxygens (including phenoxy) is 1. The van der Waals surface area contributed by atoms with Gasteiger partial charge >= 0.3 is 0 Å². The molecule has 0 amide bonds. The van der Waals surface area contributed by atoms with Crippen molar-refractivity contribution in [3.63, 3.8) is 0 Å². The number of hydrogen-bond donors (Lipinski definition) is 0. The Morgan fingerprint density at radius 1 is 1.05 bits per heavy atom. The van der Waals surface area contributed by atoms with E-state index in [0.717, 1.165) is 23.2 Å². The number of rotatable bonds is 4. The van der Waals surface area contributed by atoms with E-state index in [1.807, 2.05) is 60.7 Å². The molecule has 2 aromatic carbocycles. The van der Waals surface area contributed by atoms with Crippen molar-refractivity contribution in [3.8, 4) is 5.75 Å². The van der Waals surface area contributed by atoms with Crippen molar-refractivity contribution in [2.75, 3.05) is 0 Å². The van der Waals surface area contributed by atoms with Crippen LogP contribution in [0.5, 0.6) is 5.75 Å². The summed E-state index contributed by atoms with van der Waals surface area (Å²) in [5, 5.41) is 0. The van der Waals surface area contributed by atoms with Crippen LogP contribution in [0, 0.1) is 0 Å². The van der Waals surface area contributed by atoms with Crippen LogP contribution in [0.3, 0.4) is 0 Å². The molecule has 2 heteroatoms. The Morgan fingerprint density at radius 2 is 1.76 bits per heavy atom. The molecular formula is C19H16O2. The van der Waals surface area contributed by atoms with Gasteiger partial charge in [-0.15, -0.1) is 6.58 Å². The number of hydrogen-bond acceptors (Lipinski definition) is 2. The van der Waals surface area contributed by atoms with Gasteiger partial charge in [0.1, 0.15) is 17.8 Å². The summed E-state index contributed by atoms with van der Waals surface area (Å²) in [7, 11) is 0. The zero-order valence-corrected chi connectivity index (χ0v) is 11.7. The van der Waals surface area contributed by atoms with Gasteiger partial charge in [0.05, 0.1) is 0 Å². The molecule has 1 atom stereocenters. The summed E-state index contributed by atoms with van der Waals surface area (Å²) >= 11 is 0. The van der Waals surface area contributed by atoms with Crippen molar-refractivity contribution < 1.29 is 9.53 Å². The highest BCUT2D eigenvalue weighted by Crippen LogP contribution is 2.43. The van der Waals surface area contributed by atoms with E-state index in [1.54, 1.807) is 0 Å². The quantitative estimate of drug-likeness (QED) is 0.613. The third-order valence-corrected chi connectivity index (χ3v) is 3.71. The van der Waals surface area contributed by atoms with Gasteiger partial charge in [-0.3, -0.25) is 4.79 Å². The van der Waals surface area contributed by atoms with Gasteiger partial charge in [-0.25, -0.2) is 0 Å². The minimum absolute atomic E-state index is 0.000145. The predicted octanol–water partition coefficient (Wildman–Crippen LogP) is 4.35. The monoisotopic (exact) mass is 276 g/mol. The van der Waals surface area contributed by atoms with Crippen LogP contribution < -0.4 is 4.74 Å². The van der Waals surface area contributed by atoms with Crippen molar-refractivity contribution >= 4 is 12.0 Å². The largest absolute Gasteiger partial charge is 0.456 e. The molecule has 0 bridgehead atoms. The first-order valence-corrected chi connectivity index (χ1v) is 6.97. The molecule has 2 nitrogen and oxygen atoms in total. The molecule has 1 aliphatic rings. The average Bonchev–Trinajstić information content (AvgIpc) is 2.55. The first-order chi connectivity index (χ1) is 10.3. The van der Waals surface area contributed by atoms with E-state index in [-0.39, 0.29) is 5.92 Å². The SMILES string of the molecule is C=CCC1C(C=O)=C(c2ccccc2)Oc2ccccc21. The molecule has 0 saturated carbocycles. The van der Waals surface area contributed by atoms with Crippen molar-refractivity contribution in [2.45, 2.75) is 12.3 Å². The Bertz CT molecular complexity index is 699. The van der Waals surface area contributed by atoms with Gasteiger partial charge in [0.15, 0.2) is 0 Å². The molecule has 0 radical (unpaired) electrons. The lowest BCUT2D eigenvalue weighted by atomic mass is 9.84. The highest BCUT2D eigenvalue weighted by atomic mass is 16.5. The van der Waals surface area contributed by atoms with Crippen molar-refractivity contribution in [1.29, 1.82) is 0 Å². The lowest BCUT2D eigenvalue weighted by molar-refractivity contribution is -0.105. The standard InChI is InChI=1S/C19H16O2/c1-2-8-15-16-11-6-7-12-18(16)21-19(17(15)13-20)14-9-4-3-5-10-14/h2-7,9-13,15H,1,8H2. The fourth-order valence-corrected chi connectivity index (χ4v) is 2.73. The number of allylic oxidation sites excluding steroid dienone is 2. The summed E-state index contributed by atoms with van der Waals surface area (Å²) in [4.78, 5) is 11.7. The number of carbonyl (C=O) groups excluding carboxylic acids is 1. The lowest BCUT2D eigenvalue weighted by Gasteiger charge is -2.28.